The summed E-state index contributed by atoms with van der Waals surface area (Å²) >= 11 is 1.47. The molecule has 0 radical (unpaired) electrons. The van der Waals surface area contributed by atoms with Crippen molar-refractivity contribution < 1.29 is 47.9 Å². The van der Waals surface area contributed by atoms with E-state index in [-0.39, 0.29) is 36.8 Å². The molecule has 1 aromatic heterocycles. The highest BCUT2D eigenvalue weighted by atomic mass is 32.2. The molecule has 0 saturated carbocycles. The molecule has 4 N–H and O–H groups in total. The molecule has 1 spiro atoms. The van der Waals surface area contributed by atoms with Gasteiger partial charge < -0.3 is 38.9 Å². The maximum atomic E-state index is 14.9. The van der Waals surface area contributed by atoms with Crippen LogP contribution in [0.4, 0.5) is 4.39 Å². The summed E-state index contributed by atoms with van der Waals surface area (Å²) in [7, 11) is 3.50. The van der Waals surface area contributed by atoms with Crippen molar-refractivity contribution in [2.24, 2.45) is 0 Å². The molecule has 7 aliphatic rings. The third-order valence-electron chi connectivity index (χ3n) is 12.9. The number of phenols is 1. The standard InChI is InChI=1S/C41H43FN4O9S/c1-16-9-20-11-25-39(49)46-26-13-52-40(50)41(38-23(10-17(2)44-41)22-12-21(42)7-8-24(22)43-38)14-56-37(31(46)30(45(25)5)27(20)32(48)33(16)51-6)29-28(26)36-35(53-15-54-36)18(3)34(29)55-19(4)47/h7-9,12,17,25-26,30-31,37,39,43-44,48-49H,10-11,13-15H2,1-6H3/t17?,25-,26-,30+,31?,37+,39-,41+/m0/s1. The van der Waals surface area contributed by atoms with Gasteiger partial charge in [0, 0.05) is 57.9 Å². The van der Waals surface area contributed by atoms with Crippen LogP contribution in [0.5, 0.6) is 28.7 Å². The Balaban J connectivity index is 1.24. The van der Waals surface area contributed by atoms with Crippen LogP contribution in [-0.2, 0) is 32.7 Å². The summed E-state index contributed by atoms with van der Waals surface area (Å²) < 4.78 is 45.3. The maximum absolute atomic E-state index is 14.9. The number of likely N-dealkylation sites (N-methyl/N-ethyl adjacent to an activating group) is 1. The summed E-state index contributed by atoms with van der Waals surface area (Å²) in [5, 5.41) is 28.4. The molecule has 0 aliphatic carbocycles. The first kappa shape index (κ1) is 35.8. The fourth-order valence-corrected chi connectivity index (χ4v) is 12.4. The molecular formula is C41H43FN4O9S. The van der Waals surface area contributed by atoms with Crippen LogP contribution in [0.2, 0.25) is 0 Å². The van der Waals surface area contributed by atoms with Crippen LogP contribution in [-0.4, -0.2) is 94.6 Å². The Hall–Kier alpha value is -4.54. The van der Waals surface area contributed by atoms with Crippen LogP contribution in [0.15, 0.2) is 24.3 Å². The summed E-state index contributed by atoms with van der Waals surface area (Å²) in [6.07, 6.45) is -0.0472. The number of aliphatic hydroxyl groups excluding tert-OH is 1. The van der Waals surface area contributed by atoms with Crippen molar-refractivity contribution in [3.63, 3.8) is 0 Å². The summed E-state index contributed by atoms with van der Waals surface area (Å²) in [4.78, 5) is 35.5. The number of aryl methyl sites for hydroxylation is 1. The number of carbonyl (C=O) groups excluding carboxylic acids is 2. The van der Waals surface area contributed by atoms with E-state index in [1.165, 1.54) is 37.9 Å². The van der Waals surface area contributed by atoms with Gasteiger partial charge in [-0.15, -0.1) is 11.8 Å². The molecule has 11 rings (SSSR count). The van der Waals surface area contributed by atoms with Gasteiger partial charge in [0.1, 0.15) is 24.4 Å². The Morgan fingerprint density at radius 3 is 2.64 bits per heavy atom. The normalized spacial score (nSPS) is 30.4. The zero-order valence-electron chi connectivity index (χ0n) is 31.8. The Morgan fingerprint density at radius 1 is 1.09 bits per heavy atom. The lowest BCUT2D eigenvalue weighted by Crippen LogP contribution is -2.70. The van der Waals surface area contributed by atoms with Gasteiger partial charge in [-0.25, -0.2) is 9.18 Å². The van der Waals surface area contributed by atoms with E-state index < -0.39 is 53.1 Å². The van der Waals surface area contributed by atoms with Crippen molar-refractivity contribution in [1.29, 1.82) is 0 Å². The molecule has 8 heterocycles. The van der Waals surface area contributed by atoms with Crippen molar-refractivity contribution >= 4 is 34.6 Å². The average molecular weight is 787 g/mol. The van der Waals surface area contributed by atoms with E-state index in [0.717, 1.165) is 16.7 Å². The number of aliphatic hydroxyl groups is 1. The molecule has 2 fully saturated rings. The number of piperazine rings is 1. The topological polar surface area (TPSA) is 155 Å². The summed E-state index contributed by atoms with van der Waals surface area (Å²) in [5.41, 5.74) is 5.06. The third-order valence-corrected chi connectivity index (χ3v) is 14.4. The van der Waals surface area contributed by atoms with E-state index in [4.69, 9.17) is 23.7 Å². The van der Waals surface area contributed by atoms with E-state index in [9.17, 15) is 24.2 Å². The first-order valence-corrected chi connectivity index (χ1v) is 20.0. The van der Waals surface area contributed by atoms with Crippen LogP contribution in [0.1, 0.15) is 75.8 Å². The van der Waals surface area contributed by atoms with E-state index in [0.29, 0.717) is 74.7 Å². The number of nitrogens with zero attached hydrogens (tertiary/aromatic N) is 2. The van der Waals surface area contributed by atoms with Gasteiger partial charge >= 0.3 is 11.9 Å². The Labute approximate surface area is 326 Å². The highest BCUT2D eigenvalue weighted by molar-refractivity contribution is 7.99. The predicted molar refractivity (Wildman–Crippen MR) is 203 cm³/mol. The smallest absolute Gasteiger partial charge is 0.333 e. The molecule has 3 aromatic carbocycles. The monoisotopic (exact) mass is 786 g/mol. The number of hydrogen-bond acceptors (Lipinski definition) is 13. The zero-order chi connectivity index (χ0) is 39.1. The summed E-state index contributed by atoms with van der Waals surface area (Å²) in [6.45, 7) is 6.81. The van der Waals surface area contributed by atoms with Crippen molar-refractivity contribution in [3.8, 4) is 28.7 Å². The third kappa shape index (κ3) is 4.74. The van der Waals surface area contributed by atoms with Crippen LogP contribution in [0.3, 0.4) is 0 Å². The quantitative estimate of drug-likeness (QED) is 0.164. The molecule has 294 valence electrons. The number of methoxy groups -OCH3 is 1. The summed E-state index contributed by atoms with van der Waals surface area (Å²) in [5.74, 6) is 0.354. The van der Waals surface area contributed by atoms with Gasteiger partial charge in [-0.1, -0.05) is 6.07 Å². The second-order valence-electron chi connectivity index (χ2n) is 16.0. The second-order valence-corrected chi connectivity index (χ2v) is 17.1. The molecule has 0 amide bonds. The zero-order valence-corrected chi connectivity index (χ0v) is 32.6. The lowest BCUT2D eigenvalue weighted by atomic mass is 9.73. The predicted octanol–water partition coefficient (Wildman–Crippen LogP) is 4.71. The molecular weight excluding hydrogens is 744 g/mol. The van der Waals surface area contributed by atoms with Crippen molar-refractivity contribution in [2.75, 3.05) is 33.3 Å². The number of benzene rings is 3. The highest BCUT2D eigenvalue weighted by Crippen LogP contribution is 2.64. The van der Waals surface area contributed by atoms with Crippen LogP contribution in [0, 0.1) is 19.7 Å². The second kappa shape index (κ2) is 12.5. The number of aromatic hydroxyl groups is 1. The van der Waals surface area contributed by atoms with E-state index in [1.807, 2.05) is 38.8 Å². The van der Waals surface area contributed by atoms with Gasteiger partial charge in [0.25, 0.3) is 0 Å². The minimum absolute atomic E-state index is 0.0371. The number of carbonyl (C=O) groups is 2. The van der Waals surface area contributed by atoms with Crippen molar-refractivity contribution in [1.82, 2.24) is 20.1 Å². The lowest BCUT2D eigenvalue weighted by molar-refractivity contribution is -0.186. The molecule has 4 aromatic rings. The highest BCUT2D eigenvalue weighted by Gasteiger charge is 2.62. The maximum Gasteiger partial charge on any atom is 0.333 e. The Bertz CT molecular complexity index is 2390. The molecule has 4 bridgehead atoms. The van der Waals surface area contributed by atoms with Crippen LogP contribution in [0.25, 0.3) is 10.9 Å². The lowest BCUT2D eigenvalue weighted by Gasteiger charge is -2.62. The molecule has 8 atom stereocenters. The number of thioether (sulfide) groups is 1. The van der Waals surface area contributed by atoms with E-state index in [1.54, 1.807) is 6.07 Å². The van der Waals surface area contributed by atoms with E-state index in [2.05, 4.69) is 15.2 Å². The number of hydrogen-bond donors (Lipinski definition) is 4. The summed E-state index contributed by atoms with van der Waals surface area (Å²) in [6, 6.07) is 4.16. The van der Waals surface area contributed by atoms with Gasteiger partial charge in [0.2, 0.25) is 6.79 Å². The largest absolute Gasteiger partial charge is 0.504 e. The number of nitrogens with one attached hydrogen (secondary N) is 2. The van der Waals surface area contributed by atoms with Gasteiger partial charge in [0.15, 0.2) is 28.5 Å². The van der Waals surface area contributed by atoms with Crippen LogP contribution >= 0.6 is 11.8 Å². The molecule has 7 aliphatic heterocycles. The number of ether oxygens (including phenoxy) is 5. The Morgan fingerprint density at radius 2 is 1.88 bits per heavy atom. The molecule has 2 unspecified atom stereocenters. The van der Waals surface area contributed by atoms with E-state index >= 15 is 0 Å². The van der Waals surface area contributed by atoms with Crippen molar-refractivity contribution in [2.45, 2.75) is 87.8 Å². The number of phenolic OH excluding ortho intramolecular Hbond substituents is 1. The van der Waals surface area contributed by atoms with Crippen LogP contribution < -0.4 is 24.3 Å². The number of H-pyrrole nitrogens is 1. The SMILES string of the molecule is COc1c(C)cc2c(c1O)[C@@H]1C3[C@@H]4SC[C@]5(NC(C)Cc6c5[nH]c5ccc(F)cc65)C(=O)OC[C@@H](c5c6c(c(C)c(OC(C)=O)c54)OCO6)N3[C@@H](O)[C@H](C2)N1C. The van der Waals surface area contributed by atoms with Gasteiger partial charge in [-0.3, -0.25) is 19.9 Å². The van der Waals surface area contributed by atoms with Gasteiger partial charge in [0.05, 0.1) is 36.2 Å². The number of esters is 2. The average Bonchev–Trinajstić information content (AvgIpc) is 3.79. The first-order valence-electron chi connectivity index (χ1n) is 18.9. The Kier molecular flexibility index (Phi) is 7.99. The molecule has 13 nitrogen and oxygen atoms in total. The fraction of sp³-hybridized carbons (Fsp3) is 0.463. The minimum atomic E-state index is -1.39. The van der Waals surface area contributed by atoms with Gasteiger partial charge in [-0.05, 0) is 75.5 Å². The number of aromatic amines is 1. The fourth-order valence-electron chi connectivity index (χ4n) is 10.7. The number of halogens is 1. The number of rotatable bonds is 2. The van der Waals surface area contributed by atoms with Crippen molar-refractivity contribution in [3.05, 3.63) is 74.7 Å². The molecule has 2 saturated heterocycles. The number of aromatic nitrogens is 1. The first-order chi connectivity index (χ1) is 26.8. The minimum Gasteiger partial charge on any atom is -0.504 e. The van der Waals surface area contributed by atoms with Gasteiger partial charge in [-0.2, -0.15) is 0 Å². The molecule has 56 heavy (non-hydrogen) atoms. The molecule has 15 heteroatoms. The number of fused-ring (bicyclic) bond motifs is 11.